The molecule has 1 aromatic rings. The van der Waals surface area contributed by atoms with Gasteiger partial charge in [0.1, 0.15) is 18.0 Å². The van der Waals surface area contributed by atoms with Crippen molar-refractivity contribution >= 4 is 24.3 Å². The first-order valence-electron chi connectivity index (χ1n) is 6.29. The van der Waals surface area contributed by atoms with E-state index < -0.39 is 0 Å². The Morgan fingerprint density at radius 3 is 2.47 bits per heavy atom. The van der Waals surface area contributed by atoms with Gasteiger partial charge in [-0.3, -0.25) is 0 Å². The minimum absolute atomic E-state index is 0.800. The summed E-state index contributed by atoms with van der Waals surface area (Å²) in [7, 11) is 0. The summed E-state index contributed by atoms with van der Waals surface area (Å²) in [5.41, 5.74) is 0. The van der Waals surface area contributed by atoms with Gasteiger partial charge in [-0.1, -0.05) is 19.3 Å². The van der Waals surface area contributed by atoms with Gasteiger partial charge in [-0.05, 0) is 12.3 Å². The fraction of sp³-hybridized carbons (Fsp3) is 0.667. The Morgan fingerprint density at radius 1 is 1.18 bits per heavy atom. The molecule has 94 valence electrons. The van der Waals surface area contributed by atoms with Crippen LogP contribution in [0.2, 0.25) is 0 Å². The van der Waals surface area contributed by atoms with Crippen molar-refractivity contribution in [2.45, 2.75) is 25.7 Å². The summed E-state index contributed by atoms with van der Waals surface area (Å²) in [6, 6.07) is 1.95. The molecule has 0 aromatic carbocycles. The Balaban J connectivity index is 1.74. The molecule has 0 unspecified atom stereocenters. The molecule has 2 N–H and O–H groups in total. The highest BCUT2D eigenvalue weighted by Crippen LogP contribution is 2.29. The van der Waals surface area contributed by atoms with Gasteiger partial charge in [0, 0.05) is 24.9 Å². The first-order chi connectivity index (χ1) is 8.38. The molecule has 1 aromatic heterocycles. The quantitative estimate of drug-likeness (QED) is 0.652. The third kappa shape index (κ3) is 4.07. The Hall–Kier alpha value is -0.970. The SMILES string of the molecule is SCCNc1cc(NCCC2CCC2)ncn1. The molecular formula is C12H20N4S. The van der Waals surface area contributed by atoms with Gasteiger partial charge < -0.3 is 10.6 Å². The lowest BCUT2D eigenvalue weighted by atomic mass is 9.83. The van der Waals surface area contributed by atoms with Gasteiger partial charge in [0.25, 0.3) is 0 Å². The van der Waals surface area contributed by atoms with Crippen molar-refractivity contribution in [3.05, 3.63) is 12.4 Å². The zero-order chi connectivity index (χ0) is 11.9. The highest BCUT2D eigenvalue weighted by atomic mass is 32.1. The number of nitrogens with zero attached hydrogens (tertiary/aromatic N) is 2. The molecule has 0 spiro atoms. The summed E-state index contributed by atoms with van der Waals surface area (Å²) < 4.78 is 0. The molecule has 0 aliphatic heterocycles. The molecule has 0 amide bonds. The second-order valence-corrected chi connectivity index (χ2v) is 4.90. The van der Waals surface area contributed by atoms with E-state index in [4.69, 9.17) is 0 Å². The lowest BCUT2D eigenvalue weighted by molar-refractivity contribution is 0.303. The summed E-state index contributed by atoms with van der Waals surface area (Å²) >= 11 is 4.15. The predicted molar refractivity (Wildman–Crippen MR) is 74.8 cm³/mol. The maximum absolute atomic E-state index is 4.21. The first kappa shape index (κ1) is 12.5. The molecule has 0 atom stereocenters. The molecule has 2 rings (SSSR count). The van der Waals surface area contributed by atoms with Crippen LogP contribution in [0.1, 0.15) is 25.7 Å². The number of nitrogens with one attached hydrogen (secondary N) is 2. The minimum Gasteiger partial charge on any atom is -0.370 e. The van der Waals surface area contributed by atoms with Gasteiger partial charge >= 0.3 is 0 Å². The van der Waals surface area contributed by atoms with Gasteiger partial charge in [0.2, 0.25) is 0 Å². The summed E-state index contributed by atoms with van der Waals surface area (Å²) in [4.78, 5) is 8.36. The van der Waals surface area contributed by atoms with E-state index >= 15 is 0 Å². The largest absolute Gasteiger partial charge is 0.370 e. The van der Waals surface area contributed by atoms with Crippen LogP contribution >= 0.6 is 12.6 Å². The molecule has 5 heteroatoms. The van der Waals surface area contributed by atoms with Crippen LogP contribution < -0.4 is 10.6 Å². The normalized spacial score (nSPS) is 15.4. The van der Waals surface area contributed by atoms with Crippen LogP contribution in [0.5, 0.6) is 0 Å². The lowest BCUT2D eigenvalue weighted by Crippen LogP contribution is -2.16. The highest BCUT2D eigenvalue weighted by Gasteiger charge is 2.16. The molecule has 1 heterocycles. The number of hydrogen-bond donors (Lipinski definition) is 3. The number of hydrogen-bond acceptors (Lipinski definition) is 5. The molecule has 1 saturated carbocycles. The van der Waals surface area contributed by atoms with E-state index in [0.717, 1.165) is 36.4 Å². The van der Waals surface area contributed by atoms with E-state index in [1.165, 1.54) is 25.7 Å². The fourth-order valence-electron chi connectivity index (χ4n) is 1.92. The van der Waals surface area contributed by atoms with Crippen molar-refractivity contribution in [2.24, 2.45) is 5.92 Å². The second-order valence-electron chi connectivity index (χ2n) is 4.45. The van der Waals surface area contributed by atoms with Crippen LogP contribution in [0.4, 0.5) is 11.6 Å². The van der Waals surface area contributed by atoms with E-state index in [9.17, 15) is 0 Å². The molecule has 0 bridgehead atoms. The average molecular weight is 252 g/mol. The number of rotatable bonds is 7. The smallest absolute Gasteiger partial charge is 0.131 e. The number of thiol groups is 1. The third-order valence-electron chi connectivity index (χ3n) is 3.17. The van der Waals surface area contributed by atoms with E-state index in [1.807, 2.05) is 6.07 Å². The van der Waals surface area contributed by atoms with Crippen molar-refractivity contribution in [1.29, 1.82) is 0 Å². The first-order valence-corrected chi connectivity index (χ1v) is 6.92. The van der Waals surface area contributed by atoms with E-state index in [0.29, 0.717) is 0 Å². The van der Waals surface area contributed by atoms with Crippen molar-refractivity contribution in [1.82, 2.24) is 9.97 Å². The summed E-state index contributed by atoms with van der Waals surface area (Å²) in [5.74, 6) is 3.50. The van der Waals surface area contributed by atoms with Crippen LogP contribution in [0, 0.1) is 5.92 Å². The number of anilines is 2. The monoisotopic (exact) mass is 252 g/mol. The van der Waals surface area contributed by atoms with Gasteiger partial charge in [0.05, 0.1) is 0 Å². The molecule has 1 aliphatic carbocycles. The van der Waals surface area contributed by atoms with Crippen LogP contribution in [-0.2, 0) is 0 Å². The number of aromatic nitrogens is 2. The van der Waals surface area contributed by atoms with Crippen molar-refractivity contribution in [3.8, 4) is 0 Å². The van der Waals surface area contributed by atoms with Gasteiger partial charge in [-0.25, -0.2) is 9.97 Å². The molecule has 1 fully saturated rings. The summed E-state index contributed by atoms with van der Waals surface area (Å²) in [6.45, 7) is 1.83. The average Bonchev–Trinajstić information content (AvgIpc) is 2.30. The van der Waals surface area contributed by atoms with Crippen LogP contribution in [-0.4, -0.2) is 28.8 Å². The summed E-state index contributed by atoms with van der Waals surface area (Å²) in [6.07, 6.45) is 7.06. The lowest BCUT2D eigenvalue weighted by Gasteiger charge is -2.25. The molecule has 4 nitrogen and oxygen atoms in total. The Bertz CT molecular complexity index is 341. The van der Waals surface area contributed by atoms with Crippen LogP contribution in [0.3, 0.4) is 0 Å². The van der Waals surface area contributed by atoms with Gasteiger partial charge in [-0.2, -0.15) is 12.6 Å². The Kier molecular flexibility index (Phi) is 4.91. The minimum atomic E-state index is 0.800. The Labute approximate surface area is 108 Å². The van der Waals surface area contributed by atoms with Gasteiger partial charge in [-0.15, -0.1) is 0 Å². The second kappa shape index (κ2) is 6.69. The molecule has 0 radical (unpaired) electrons. The van der Waals surface area contributed by atoms with Crippen molar-refractivity contribution in [3.63, 3.8) is 0 Å². The van der Waals surface area contributed by atoms with E-state index in [1.54, 1.807) is 6.33 Å². The maximum atomic E-state index is 4.21. The zero-order valence-corrected chi connectivity index (χ0v) is 10.9. The molecule has 0 saturated heterocycles. The predicted octanol–water partition coefficient (Wildman–Crippen LogP) is 2.42. The zero-order valence-electron chi connectivity index (χ0n) is 10.0. The maximum Gasteiger partial charge on any atom is 0.131 e. The van der Waals surface area contributed by atoms with E-state index in [2.05, 4.69) is 33.2 Å². The summed E-state index contributed by atoms with van der Waals surface area (Å²) in [5, 5.41) is 6.54. The third-order valence-corrected chi connectivity index (χ3v) is 3.39. The van der Waals surface area contributed by atoms with Crippen LogP contribution in [0.15, 0.2) is 12.4 Å². The Morgan fingerprint density at radius 2 is 1.88 bits per heavy atom. The topological polar surface area (TPSA) is 49.8 Å². The molecule has 1 aliphatic rings. The standard InChI is InChI=1S/C12H20N4S/c17-7-6-14-12-8-11(15-9-16-12)13-5-4-10-2-1-3-10/h8-10,17H,1-7H2,(H2,13,14,15,16). The fourth-order valence-corrected chi connectivity index (χ4v) is 2.03. The highest BCUT2D eigenvalue weighted by molar-refractivity contribution is 7.80. The van der Waals surface area contributed by atoms with Crippen LogP contribution in [0.25, 0.3) is 0 Å². The van der Waals surface area contributed by atoms with Crippen molar-refractivity contribution < 1.29 is 0 Å². The van der Waals surface area contributed by atoms with E-state index in [-0.39, 0.29) is 0 Å². The van der Waals surface area contributed by atoms with Crippen molar-refractivity contribution in [2.75, 3.05) is 29.5 Å². The molecule has 17 heavy (non-hydrogen) atoms. The molecular weight excluding hydrogens is 232 g/mol. The van der Waals surface area contributed by atoms with Gasteiger partial charge in [0.15, 0.2) is 0 Å².